The van der Waals surface area contributed by atoms with Gasteiger partial charge >= 0.3 is 4.33 Å². The average Bonchev–Trinajstić information content (AvgIpc) is 2.97. The molecule has 0 saturated carbocycles. The molecule has 0 aliphatic carbocycles. The van der Waals surface area contributed by atoms with Crippen LogP contribution in [0.3, 0.4) is 0 Å². The maximum absolute atomic E-state index is 17.9. The lowest BCUT2D eigenvalue weighted by atomic mass is 9.82. The van der Waals surface area contributed by atoms with Gasteiger partial charge in [0, 0.05) is 0 Å². The predicted molar refractivity (Wildman–Crippen MR) is 145 cm³/mol. The summed E-state index contributed by atoms with van der Waals surface area (Å²) in [5.41, 5.74) is -1.56. The van der Waals surface area contributed by atoms with Gasteiger partial charge in [0.1, 0.15) is 5.60 Å². The van der Waals surface area contributed by atoms with E-state index in [1.165, 1.54) is 42.5 Å². The molecule has 38 heavy (non-hydrogen) atoms. The van der Waals surface area contributed by atoms with Crippen LogP contribution in [0.25, 0.3) is 0 Å². The smallest absolute Gasteiger partial charge is 0.324 e. The minimum atomic E-state index is -5.22. The van der Waals surface area contributed by atoms with Crippen LogP contribution >= 0.6 is 0 Å². The van der Waals surface area contributed by atoms with Gasteiger partial charge in [0.15, 0.2) is 0 Å². The lowest BCUT2D eigenvalue weighted by molar-refractivity contribution is 0.0617. The first kappa shape index (κ1) is 27.4. The molecule has 196 valence electrons. The summed E-state index contributed by atoms with van der Waals surface area (Å²) in [5, 5.41) is 11.7. The molecule has 0 amide bonds. The van der Waals surface area contributed by atoms with Crippen LogP contribution in [0, 0.1) is 0 Å². The number of hydrogen-bond acceptors (Lipinski definition) is 5. The third-order valence-corrected chi connectivity index (χ3v) is 11.7. The van der Waals surface area contributed by atoms with E-state index < -0.39 is 51.7 Å². The van der Waals surface area contributed by atoms with Crippen molar-refractivity contribution in [3.63, 3.8) is 0 Å². The average molecular weight is 551 g/mol. The summed E-state index contributed by atoms with van der Waals surface area (Å²) in [7, 11) is -10.4. The molecule has 2 atom stereocenters. The maximum atomic E-state index is 17.9. The molecule has 0 heterocycles. The molecule has 0 aromatic heterocycles. The quantitative estimate of drug-likeness (QED) is 0.252. The van der Waals surface area contributed by atoms with E-state index in [0.717, 1.165) is 24.3 Å². The van der Waals surface area contributed by atoms with Crippen molar-refractivity contribution in [3.05, 3.63) is 145 Å². The van der Waals surface area contributed by atoms with Gasteiger partial charge in [-0.25, -0.2) is 21.2 Å². The minimum absolute atomic E-state index is 0.0882. The summed E-state index contributed by atoms with van der Waals surface area (Å²) in [6.07, 6.45) is 0.544. The molecule has 0 aliphatic rings. The molecule has 0 spiro atoms. The summed E-state index contributed by atoms with van der Waals surface area (Å²) in [4.78, 5) is -0.991. The number of hydrogen-bond donors (Lipinski definition) is 1. The maximum Gasteiger partial charge on any atom is 0.324 e. The molecular weight excluding hydrogens is 523 g/mol. The molecule has 0 aliphatic heterocycles. The fourth-order valence-corrected chi connectivity index (χ4v) is 9.12. The zero-order valence-corrected chi connectivity index (χ0v) is 22.0. The van der Waals surface area contributed by atoms with Gasteiger partial charge in [0.25, 0.3) is 0 Å². The summed E-state index contributed by atoms with van der Waals surface area (Å²) < 4.78 is 70.6. The SMILES string of the molecule is C=CC(O)(CC(c1ccccc1)C(F)(S(=O)(=O)c1ccccc1)S(=O)(=O)c1ccccc1)c1ccccc1. The van der Waals surface area contributed by atoms with Gasteiger partial charge in [-0.15, -0.1) is 0 Å². The highest BCUT2D eigenvalue weighted by atomic mass is 32.3. The Labute approximate surface area is 222 Å². The van der Waals surface area contributed by atoms with E-state index in [4.69, 9.17) is 0 Å². The van der Waals surface area contributed by atoms with Crippen LogP contribution in [0.2, 0.25) is 0 Å². The normalized spacial score (nSPS) is 14.8. The molecular formula is C30H27FO5S2. The Hall–Kier alpha value is -3.59. The fraction of sp³-hybridized carbons (Fsp3) is 0.133. The van der Waals surface area contributed by atoms with E-state index >= 15 is 4.39 Å². The number of alkyl halides is 1. The lowest BCUT2D eigenvalue weighted by Gasteiger charge is -2.37. The molecule has 2 unspecified atom stereocenters. The highest BCUT2D eigenvalue weighted by Crippen LogP contribution is 2.51. The zero-order valence-electron chi connectivity index (χ0n) is 20.4. The summed E-state index contributed by atoms with van der Waals surface area (Å²) in [6, 6.07) is 29.2. The molecule has 4 rings (SSSR count). The molecule has 0 radical (unpaired) electrons. The third-order valence-electron chi connectivity index (χ3n) is 6.58. The first-order valence-electron chi connectivity index (χ1n) is 11.8. The van der Waals surface area contributed by atoms with Gasteiger partial charge in [0.2, 0.25) is 19.7 Å². The standard InChI is InChI=1S/C30H27FO5S2/c1-2-29(32,25-17-9-4-10-18-25)23-28(24-15-7-3-8-16-24)30(31,37(33,34)26-19-11-5-12-20-26)38(35,36)27-21-13-6-14-22-27/h2-22,28,32H,1,23H2. The first-order valence-corrected chi connectivity index (χ1v) is 14.8. The van der Waals surface area contributed by atoms with Crippen LogP contribution < -0.4 is 0 Å². The minimum Gasteiger partial charge on any atom is -0.381 e. The van der Waals surface area contributed by atoms with Gasteiger partial charge in [-0.3, -0.25) is 0 Å². The van der Waals surface area contributed by atoms with Crippen molar-refractivity contribution in [1.29, 1.82) is 0 Å². The molecule has 4 aromatic carbocycles. The monoisotopic (exact) mass is 550 g/mol. The van der Waals surface area contributed by atoms with E-state index in [0.29, 0.717) is 5.56 Å². The Kier molecular flexibility index (Phi) is 7.69. The van der Waals surface area contributed by atoms with Gasteiger partial charge in [0.05, 0.1) is 15.7 Å². The molecule has 0 fully saturated rings. The van der Waals surface area contributed by atoms with Gasteiger partial charge in [-0.1, -0.05) is 110 Å². The number of rotatable bonds is 10. The zero-order chi connectivity index (χ0) is 27.4. The molecule has 0 bridgehead atoms. The first-order chi connectivity index (χ1) is 18.1. The topological polar surface area (TPSA) is 88.5 Å². The Morgan fingerprint density at radius 1 is 0.684 bits per heavy atom. The molecule has 5 nitrogen and oxygen atoms in total. The second kappa shape index (κ2) is 10.6. The second-order valence-electron chi connectivity index (χ2n) is 8.88. The molecule has 1 N–H and O–H groups in total. The third kappa shape index (κ3) is 4.71. The lowest BCUT2D eigenvalue weighted by Crippen LogP contribution is -2.49. The van der Waals surface area contributed by atoms with Crippen LogP contribution in [0.1, 0.15) is 23.5 Å². The van der Waals surface area contributed by atoms with E-state index in [1.54, 1.807) is 60.7 Å². The Morgan fingerprint density at radius 3 is 1.45 bits per heavy atom. The van der Waals surface area contributed by atoms with Gasteiger partial charge in [-0.2, -0.15) is 0 Å². The second-order valence-corrected chi connectivity index (χ2v) is 13.3. The molecule has 4 aromatic rings. The van der Waals surface area contributed by atoms with Gasteiger partial charge in [-0.05, 0) is 41.8 Å². The van der Waals surface area contributed by atoms with E-state index in [2.05, 4.69) is 6.58 Å². The highest BCUT2D eigenvalue weighted by molar-refractivity contribution is 8.10. The van der Waals surface area contributed by atoms with Crippen molar-refractivity contribution in [2.75, 3.05) is 0 Å². The van der Waals surface area contributed by atoms with E-state index in [9.17, 15) is 21.9 Å². The Balaban J connectivity index is 2.06. The number of sulfone groups is 2. The van der Waals surface area contributed by atoms with Crippen LogP contribution in [0.4, 0.5) is 4.39 Å². The van der Waals surface area contributed by atoms with E-state index in [-0.39, 0.29) is 5.56 Å². The Bertz CT molecular complexity index is 1520. The highest BCUT2D eigenvalue weighted by Gasteiger charge is 2.63. The van der Waals surface area contributed by atoms with Crippen LogP contribution in [-0.2, 0) is 25.3 Å². The van der Waals surface area contributed by atoms with Crippen molar-refractivity contribution < 1.29 is 26.3 Å². The van der Waals surface area contributed by atoms with Crippen molar-refractivity contribution in [1.82, 2.24) is 0 Å². The Morgan fingerprint density at radius 2 is 1.05 bits per heavy atom. The van der Waals surface area contributed by atoms with Crippen LogP contribution in [-0.4, -0.2) is 26.3 Å². The molecule has 8 heteroatoms. The van der Waals surface area contributed by atoms with Crippen LogP contribution in [0.5, 0.6) is 0 Å². The van der Waals surface area contributed by atoms with Crippen LogP contribution in [0.15, 0.2) is 144 Å². The summed E-state index contributed by atoms with van der Waals surface area (Å²) in [6.45, 7) is 3.71. The number of aliphatic hydroxyl groups is 1. The number of benzene rings is 4. The van der Waals surface area contributed by atoms with Crippen molar-refractivity contribution in [2.24, 2.45) is 0 Å². The van der Waals surface area contributed by atoms with Crippen molar-refractivity contribution in [2.45, 2.75) is 32.1 Å². The van der Waals surface area contributed by atoms with Crippen molar-refractivity contribution >= 4 is 19.7 Å². The van der Waals surface area contributed by atoms with Crippen molar-refractivity contribution in [3.8, 4) is 0 Å². The molecule has 0 saturated heterocycles. The predicted octanol–water partition coefficient (Wildman–Crippen LogP) is 5.81. The van der Waals surface area contributed by atoms with Gasteiger partial charge < -0.3 is 5.11 Å². The largest absolute Gasteiger partial charge is 0.381 e. The summed E-state index contributed by atoms with van der Waals surface area (Å²) >= 11 is 0. The van der Waals surface area contributed by atoms with E-state index in [1.807, 2.05) is 0 Å². The summed E-state index contributed by atoms with van der Waals surface area (Å²) in [5.74, 6) is -1.86. The number of halogens is 1. The fourth-order valence-electron chi connectivity index (χ4n) is 4.52.